The third kappa shape index (κ3) is 8.59. The van der Waals surface area contributed by atoms with Gasteiger partial charge in [-0.25, -0.2) is 0 Å². The van der Waals surface area contributed by atoms with Crippen LogP contribution in [0.15, 0.2) is 23.2 Å². The van der Waals surface area contributed by atoms with E-state index in [0.717, 1.165) is 12.2 Å². The Bertz CT molecular complexity index is 580. The molecule has 0 bridgehead atoms. The van der Waals surface area contributed by atoms with Crippen molar-refractivity contribution < 1.29 is 14.3 Å². The molecule has 1 aromatic rings. The van der Waals surface area contributed by atoms with Crippen LogP contribution < -0.4 is 25.4 Å². The number of nitrogens with zero attached hydrogens (tertiary/aromatic N) is 1. The summed E-state index contributed by atoms with van der Waals surface area (Å²) in [5.74, 6) is 2.02. The Hall–Kier alpha value is -1.71. The molecule has 0 aliphatic carbocycles. The van der Waals surface area contributed by atoms with E-state index < -0.39 is 0 Å². The van der Waals surface area contributed by atoms with Crippen LogP contribution in [0.5, 0.6) is 11.5 Å². The van der Waals surface area contributed by atoms with E-state index in [4.69, 9.17) is 9.47 Å². The molecule has 26 heavy (non-hydrogen) atoms. The first-order valence-electron chi connectivity index (χ1n) is 8.65. The normalized spacial score (nSPS) is 10.8. The van der Waals surface area contributed by atoms with Gasteiger partial charge in [0.15, 0.2) is 17.5 Å². The third-order valence-electron chi connectivity index (χ3n) is 3.28. The predicted molar refractivity (Wildman–Crippen MR) is 117 cm³/mol. The average molecular weight is 478 g/mol. The molecule has 0 saturated carbocycles. The lowest BCUT2D eigenvalue weighted by Crippen LogP contribution is -2.33. The fourth-order valence-corrected chi connectivity index (χ4v) is 2.02. The molecule has 0 unspecified atom stereocenters. The molecule has 1 amide bonds. The fourth-order valence-electron chi connectivity index (χ4n) is 2.02. The number of rotatable bonds is 9. The molecule has 1 aromatic carbocycles. The number of benzene rings is 1. The number of anilines is 1. The molecule has 0 heterocycles. The van der Waals surface area contributed by atoms with Crippen LogP contribution in [0.2, 0.25) is 0 Å². The zero-order chi connectivity index (χ0) is 18.7. The molecule has 0 spiro atoms. The second kappa shape index (κ2) is 13.5. The van der Waals surface area contributed by atoms with Crippen LogP contribution in [-0.2, 0) is 4.79 Å². The van der Waals surface area contributed by atoms with Gasteiger partial charge in [-0.05, 0) is 26.0 Å². The Morgan fingerprint density at radius 2 is 1.92 bits per heavy atom. The molecule has 0 atom stereocenters. The van der Waals surface area contributed by atoms with Gasteiger partial charge < -0.3 is 25.4 Å². The Morgan fingerprint density at radius 1 is 1.19 bits per heavy atom. The number of carbonyl (C=O) groups is 1. The molecule has 3 N–H and O–H groups in total. The van der Waals surface area contributed by atoms with Gasteiger partial charge in [0.25, 0.3) is 0 Å². The van der Waals surface area contributed by atoms with Crippen molar-refractivity contribution in [1.29, 1.82) is 0 Å². The molecular formula is C18H31IN4O3. The number of methoxy groups -OCH3 is 1. The quantitative estimate of drug-likeness (QED) is 0.220. The van der Waals surface area contributed by atoms with Gasteiger partial charge in [0, 0.05) is 30.8 Å². The summed E-state index contributed by atoms with van der Waals surface area (Å²) in [6, 6.07) is 5.62. The first kappa shape index (κ1) is 24.3. The Labute approximate surface area is 173 Å². The van der Waals surface area contributed by atoms with Crippen LogP contribution in [0.25, 0.3) is 0 Å². The lowest BCUT2D eigenvalue weighted by molar-refractivity contribution is -0.123. The number of ether oxygens (including phenoxy) is 2. The Balaban J connectivity index is 0.00000625. The molecular weight excluding hydrogens is 447 g/mol. The highest BCUT2D eigenvalue weighted by atomic mass is 127. The molecule has 0 aliphatic rings. The molecule has 8 heteroatoms. The van der Waals surface area contributed by atoms with E-state index in [1.807, 2.05) is 45.9 Å². The highest BCUT2D eigenvalue weighted by Gasteiger charge is 2.07. The number of halogens is 1. The average Bonchev–Trinajstić information content (AvgIpc) is 2.59. The van der Waals surface area contributed by atoms with Crippen LogP contribution in [0.3, 0.4) is 0 Å². The maximum atomic E-state index is 11.5. The van der Waals surface area contributed by atoms with Gasteiger partial charge in [-0.15, -0.1) is 24.0 Å². The van der Waals surface area contributed by atoms with Crippen molar-refractivity contribution in [3.63, 3.8) is 0 Å². The number of aliphatic imine (C=N–C) groups is 1. The van der Waals surface area contributed by atoms with E-state index >= 15 is 0 Å². The van der Waals surface area contributed by atoms with E-state index in [9.17, 15) is 4.79 Å². The molecule has 148 valence electrons. The molecule has 0 radical (unpaired) electrons. The number of hydrogen-bond acceptors (Lipinski definition) is 4. The van der Waals surface area contributed by atoms with Crippen LogP contribution in [0.1, 0.15) is 27.7 Å². The molecule has 0 aromatic heterocycles. The minimum atomic E-state index is -0.0216. The zero-order valence-electron chi connectivity index (χ0n) is 16.2. The van der Waals surface area contributed by atoms with Crippen molar-refractivity contribution in [2.45, 2.75) is 27.7 Å². The Morgan fingerprint density at radius 3 is 2.50 bits per heavy atom. The first-order valence-corrected chi connectivity index (χ1v) is 8.65. The van der Waals surface area contributed by atoms with E-state index in [2.05, 4.69) is 20.9 Å². The summed E-state index contributed by atoms with van der Waals surface area (Å²) in [7, 11) is 1.61. The minimum Gasteiger partial charge on any atom is -0.493 e. The van der Waals surface area contributed by atoms with Crippen LogP contribution in [0, 0.1) is 5.92 Å². The number of amides is 1. The van der Waals surface area contributed by atoms with E-state index in [0.29, 0.717) is 37.2 Å². The number of guanidine groups is 1. The number of nitrogens with one attached hydrogen (secondary N) is 3. The summed E-state index contributed by atoms with van der Waals surface area (Å²) >= 11 is 0. The summed E-state index contributed by atoms with van der Waals surface area (Å²) < 4.78 is 10.9. The predicted octanol–water partition coefficient (Wildman–Crippen LogP) is 2.86. The van der Waals surface area contributed by atoms with Crippen molar-refractivity contribution in [2.24, 2.45) is 10.9 Å². The number of carbonyl (C=O) groups excluding carboxylic acids is 1. The van der Waals surface area contributed by atoms with Gasteiger partial charge in [-0.1, -0.05) is 13.8 Å². The van der Waals surface area contributed by atoms with Crippen molar-refractivity contribution >= 4 is 41.5 Å². The van der Waals surface area contributed by atoms with Crippen molar-refractivity contribution in [1.82, 2.24) is 10.6 Å². The summed E-state index contributed by atoms with van der Waals surface area (Å²) in [5, 5.41) is 9.25. The smallest absolute Gasteiger partial charge is 0.222 e. The van der Waals surface area contributed by atoms with Gasteiger partial charge in [-0.3, -0.25) is 9.79 Å². The van der Waals surface area contributed by atoms with Gasteiger partial charge in [-0.2, -0.15) is 0 Å². The monoisotopic (exact) mass is 478 g/mol. The molecule has 1 rings (SSSR count). The van der Waals surface area contributed by atoms with Crippen LogP contribution in [0.4, 0.5) is 5.69 Å². The molecule has 0 fully saturated rings. The summed E-state index contributed by atoms with van der Waals surface area (Å²) in [5.41, 5.74) is 0.843. The summed E-state index contributed by atoms with van der Waals surface area (Å²) in [4.78, 5) is 16.0. The van der Waals surface area contributed by atoms with E-state index in [-0.39, 0.29) is 35.8 Å². The molecule has 7 nitrogen and oxygen atoms in total. The fraction of sp³-hybridized carbons (Fsp3) is 0.556. The standard InChI is InChI=1S/C18H30N4O3.HI/c1-6-19-18(21-11-10-20-17(23)13(3)4)22-14-8-9-15(24-5)16(12-14)25-7-2;/h8-9,12-13H,6-7,10-11H2,1-5H3,(H,20,23)(H2,19,21,22);1H. The summed E-state index contributed by atoms with van der Waals surface area (Å²) in [6.45, 7) is 9.94. The van der Waals surface area contributed by atoms with Gasteiger partial charge in [0.2, 0.25) is 5.91 Å². The van der Waals surface area contributed by atoms with Crippen molar-refractivity contribution in [3.8, 4) is 11.5 Å². The van der Waals surface area contributed by atoms with Gasteiger partial charge in [0.05, 0.1) is 20.3 Å². The van der Waals surface area contributed by atoms with Crippen LogP contribution in [-0.4, -0.2) is 45.2 Å². The van der Waals surface area contributed by atoms with Crippen molar-refractivity contribution in [3.05, 3.63) is 18.2 Å². The number of hydrogen-bond donors (Lipinski definition) is 3. The van der Waals surface area contributed by atoms with Crippen molar-refractivity contribution in [2.75, 3.05) is 38.7 Å². The minimum absolute atomic E-state index is 0. The zero-order valence-corrected chi connectivity index (χ0v) is 18.5. The van der Waals surface area contributed by atoms with Crippen LogP contribution >= 0.6 is 24.0 Å². The van der Waals surface area contributed by atoms with E-state index in [1.165, 1.54) is 0 Å². The van der Waals surface area contributed by atoms with Gasteiger partial charge >= 0.3 is 0 Å². The van der Waals surface area contributed by atoms with Gasteiger partial charge in [0.1, 0.15) is 0 Å². The maximum Gasteiger partial charge on any atom is 0.222 e. The molecule has 0 aliphatic heterocycles. The Kier molecular flexibility index (Phi) is 12.6. The second-order valence-electron chi connectivity index (χ2n) is 5.63. The van der Waals surface area contributed by atoms with E-state index in [1.54, 1.807) is 7.11 Å². The maximum absolute atomic E-state index is 11.5. The third-order valence-corrected chi connectivity index (χ3v) is 3.28. The SMILES string of the molecule is CCNC(=NCCNC(=O)C(C)C)Nc1ccc(OC)c(OCC)c1.I. The summed E-state index contributed by atoms with van der Waals surface area (Å²) in [6.07, 6.45) is 0. The largest absolute Gasteiger partial charge is 0.493 e. The topological polar surface area (TPSA) is 84.0 Å². The lowest BCUT2D eigenvalue weighted by Gasteiger charge is -2.14. The highest BCUT2D eigenvalue weighted by molar-refractivity contribution is 14.0. The second-order valence-corrected chi connectivity index (χ2v) is 5.63. The lowest BCUT2D eigenvalue weighted by atomic mass is 10.2. The molecule has 0 saturated heterocycles. The first-order chi connectivity index (χ1) is 12.0. The highest BCUT2D eigenvalue weighted by Crippen LogP contribution is 2.30.